The van der Waals surface area contributed by atoms with Crippen molar-refractivity contribution in [3.8, 4) is 5.75 Å². The molecule has 0 saturated carbocycles. The Labute approximate surface area is 162 Å². The van der Waals surface area contributed by atoms with E-state index in [1.54, 1.807) is 47.5 Å². The fourth-order valence-electron chi connectivity index (χ4n) is 2.64. The molecule has 3 aromatic rings. The predicted molar refractivity (Wildman–Crippen MR) is 107 cm³/mol. The van der Waals surface area contributed by atoms with E-state index in [2.05, 4.69) is 4.98 Å². The Balaban J connectivity index is 1.60. The van der Waals surface area contributed by atoms with Crippen LogP contribution in [0.1, 0.15) is 41.7 Å². The van der Waals surface area contributed by atoms with Crippen molar-refractivity contribution >= 4 is 33.2 Å². The van der Waals surface area contributed by atoms with E-state index in [0.29, 0.717) is 17.7 Å². The zero-order valence-electron chi connectivity index (χ0n) is 15.6. The molecule has 0 aliphatic heterocycles. The topological polar surface area (TPSA) is 59.5 Å². The van der Waals surface area contributed by atoms with Crippen molar-refractivity contribution in [3.63, 3.8) is 0 Å². The Bertz CT molecular complexity index is 916. The number of para-hydroxylation sites is 1. The Hall–Kier alpha value is -2.73. The maximum Gasteiger partial charge on any atom is 0.260 e. The minimum absolute atomic E-state index is 0.0627. The van der Waals surface area contributed by atoms with Gasteiger partial charge in [0.15, 0.2) is 12.4 Å². The van der Waals surface area contributed by atoms with Gasteiger partial charge in [-0.1, -0.05) is 19.1 Å². The number of amides is 1. The summed E-state index contributed by atoms with van der Waals surface area (Å²) in [5.41, 5.74) is 1.60. The van der Waals surface area contributed by atoms with Gasteiger partial charge in [-0.3, -0.25) is 9.59 Å². The normalized spacial score (nSPS) is 12.0. The zero-order chi connectivity index (χ0) is 19.4. The van der Waals surface area contributed by atoms with E-state index in [-0.39, 0.29) is 24.3 Å². The second kappa shape index (κ2) is 8.31. The summed E-state index contributed by atoms with van der Waals surface area (Å²) in [6.07, 6.45) is 0.465. The molecule has 6 heteroatoms. The summed E-state index contributed by atoms with van der Waals surface area (Å²) in [6, 6.07) is 14.7. The molecule has 0 radical (unpaired) electrons. The van der Waals surface area contributed by atoms with E-state index < -0.39 is 0 Å². The van der Waals surface area contributed by atoms with Gasteiger partial charge in [0.25, 0.3) is 5.91 Å². The first-order chi connectivity index (χ1) is 13.0. The van der Waals surface area contributed by atoms with E-state index in [1.165, 1.54) is 0 Å². The van der Waals surface area contributed by atoms with Crippen molar-refractivity contribution in [2.24, 2.45) is 0 Å². The minimum Gasteiger partial charge on any atom is -0.484 e. The highest BCUT2D eigenvalue weighted by molar-refractivity contribution is 7.18. The number of Topliss-reactive ketones (excluding diaryl/α,β-unsaturated/α-hetero) is 1. The molecule has 5 nitrogen and oxygen atoms in total. The Morgan fingerprint density at radius 3 is 2.52 bits per heavy atom. The van der Waals surface area contributed by atoms with Crippen molar-refractivity contribution in [3.05, 3.63) is 59.1 Å². The summed E-state index contributed by atoms with van der Waals surface area (Å²) in [6.45, 7) is 3.72. The Morgan fingerprint density at radius 2 is 1.85 bits per heavy atom. The third-order valence-corrected chi connectivity index (χ3v) is 5.71. The molecule has 1 heterocycles. The van der Waals surface area contributed by atoms with Gasteiger partial charge in [-0.2, -0.15) is 0 Å². The quantitative estimate of drug-likeness (QED) is 0.565. The number of likely N-dealkylation sites (N-methyl/N-ethyl adjacent to an activating group) is 1. The number of rotatable bonds is 7. The van der Waals surface area contributed by atoms with Crippen LogP contribution >= 0.6 is 11.3 Å². The van der Waals surface area contributed by atoms with Gasteiger partial charge in [-0.15, -0.1) is 11.3 Å². The van der Waals surface area contributed by atoms with Crippen LogP contribution in [0, 0.1) is 0 Å². The lowest BCUT2D eigenvalue weighted by Crippen LogP contribution is -2.33. The van der Waals surface area contributed by atoms with Crippen LogP contribution in [-0.2, 0) is 4.79 Å². The molecule has 3 rings (SSSR count). The molecule has 0 N–H and O–H groups in total. The molecule has 0 bridgehead atoms. The number of ketones is 1. The van der Waals surface area contributed by atoms with Crippen LogP contribution in [0.15, 0.2) is 48.5 Å². The van der Waals surface area contributed by atoms with Gasteiger partial charge in [0.05, 0.1) is 16.3 Å². The molecule has 2 aromatic carbocycles. The molecule has 0 unspecified atom stereocenters. The lowest BCUT2D eigenvalue weighted by Gasteiger charge is -2.23. The molecule has 1 amide bonds. The maximum absolute atomic E-state index is 12.5. The number of hydrogen-bond acceptors (Lipinski definition) is 5. The summed E-state index contributed by atoms with van der Waals surface area (Å²) in [5.74, 6) is 0.523. The van der Waals surface area contributed by atoms with E-state index >= 15 is 0 Å². The van der Waals surface area contributed by atoms with Crippen molar-refractivity contribution < 1.29 is 14.3 Å². The first kappa shape index (κ1) is 19.0. The number of carbonyl (C=O) groups is 2. The highest BCUT2D eigenvalue weighted by Gasteiger charge is 2.21. The number of thiazole rings is 1. The maximum atomic E-state index is 12.5. The number of benzene rings is 2. The standard InChI is InChI=1S/C21H22N2O3S/c1-4-18(24)15-9-11-16(12-10-15)26-13-20(25)23(3)14(2)21-22-17-7-5-6-8-19(17)27-21/h5-12,14H,4,13H2,1-3H3/t14-/m0/s1. The smallest absolute Gasteiger partial charge is 0.260 e. The number of aromatic nitrogens is 1. The van der Waals surface area contributed by atoms with Crippen LogP contribution in [-0.4, -0.2) is 35.2 Å². The van der Waals surface area contributed by atoms with E-state index in [1.807, 2.05) is 38.1 Å². The number of fused-ring (bicyclic) bond motifs is 1. The first-order valence-corrected chi connectivity index (χ1v) is 9.68. The van der Waals surface area contributed by atoms with Crippen LogP contribution in [0.3, 0.4) is 0 Å². The van der Waals surface area contributed by atoms with Crippen molar-refractivity contribution in [2.75, 3.05) is 13.7 Å². The van der Waals surface area contributed by atoms with Crippen LogP contribution in [0.4, 0.5) is 0 Å². The summed E-state index contributed by atoms with van der Waals surface area (Å²) in [4.78, 5) is 30.4. The Morgan fingerprint density at radius 1 is 1.15 bits per heavy atom. The van der Waals surface area contributed by atoms with Crippen LogP contribution in [0.2, 0.25) is 0 Å². The SMILES string of the molecule is CCC(=O)c1ccc(OCC(=O)N(C)[C@@H](C)c2nc3ccccc3s2)cc1. The first-order valence-electron chi connectivity index (χ1n) is 8.86. The fourth-order valence-corrected chi connectivity index (χ4v) is 3.70. The highest BCUT2D eigenvalue weighted by atomic mass is 32.1. The molecule has 0 aliphatic rings. The molecule has 0 spiro atoms. The van der Waals surface area contributed by atoms with Crippen LogP contribution in [0.5, 0.6) is 5.75 Å². The predicted octanol–water partition coefficient (Wildman–Crippen LogP) is 4.49. The summed E-state index contributed by atoms with van der Waals surface area (Å²) in [7, 11) is 1.76. The lowest BCUT2D eigenvalue weighted by atomic mass is 10.1. The molecule has 1 aromatic heterocycles. The van der Waals surface area contributed by atoms with Gasteiger partial charge in [0, 0.05) is 19.0 Å². The van der Waals surface area contributed by atoms with Crippen LogP contribution in [0.25, 0.3) is 10.2 Å². The molecular formula is C21H22N2O3S. The third-order valence-electron chi connectivity index (χ3n) is 4.50. The van der Waals surface area contributed by atoms with Crippen molar-refractivity contribution in [1.82, 2.24) is 9.88 Å². The second-order valence-electron chi connectivity index (χ2n) is 6.29. The van der Waals surface area contributed by atoms with Gasteiger partial charge in [-0.05, 0) is 43.3 Å². The molecular weight excluding hydrogens is 360 g/mol. The Kier molecular flexibility index (Phi) is 5.86. The summed E-state index contributed by atoms with van der Waals surface area (Å²) >= 11 is 1.59. The van der Waals surface area contributed by atoms with Gasteiger partial charge in [0.2, 0.25) is 0 Å². The average Bonchev–Trinajstić information content (AvgIpc) is 3.15. The third kappa shape index (κ3) is 4.34. The zero-order valence-corrected chi connectivity index (χ0v) is 16.5. The summed E-state index contributed by atoms with van der Waals surface area (Å²) in [5, 5.41) is 0.898. The van der Waals surface area contributed by atoms with Crippen molar-refractivity contribution in [2.45, 2.75) is 26.3 Å². The van der Waals surface area contributed by atoms with Gasteiger partial charge in [0.1, 0.15) is 10.8 Å². The van der Waals surface area contributed by atoms with Gasteiger partial charge < -0.3 is 9.64 Å². The average molecular weight is 382 g/mol. The molecule has 0 saturated heterocycles. The molecule has 0 fully saturated rings. The van der Waals surface area contributed by atoms with Gasteiger partial charge >= 0.3 is 0 Å². The second-order valence-corrected chi connectivity index (χ2v) is 7.35. The van der Waals surface area contributed by atoms with Crippen LogP contribution < -0.4 is 4.74 Å². The number of ether oxygens (including phenoxy) is 1. The minimum atomic E-state index is -0.136. The molecule has 27 heavy (non-hydrogen) atoms. The highest BCUT2D eigenvalue weighted by Crippen LogP contribution is 2.28. The number of hydrogen-bond donors (Lipinski definition) is 0. The molecule has 0 aliphatic carbocycles. The molecule has 1 atom stereocenters. The largest absolute Gasteiger partial charge is 0.484 e. The lowest BCUT2D eigenvalue weighted by molar-refractivity contribution is -0.134. The molecule has 140 valence electrons. The van der Waals surface area contributed by atoms with E-state index in [4.69, 9.17) is 4.74 Å². The monoisotopic (exact) mass is 382 g/mol. The number of nitrogens with zero attached hydrogens (tertiary/aromatic N) is 2. The van der Waals surface area contributed by atoms with Crippen molar-refractivity contribution in [1.29, 1.82) is 0 Å². The number of carbonyl (C=O) groups excluding carboxylic acids is 2. The van der Waals surface area contributed by atoms with Gasteiger partial charge in [-0.25, -0.2) is 4.98 Å². The van der Waals surface area contributed by atoms with E-state index in [0.717, 1.165) is 15.2 Å². The van der Waals surface area contributed by atoms with E-state index in [9.17, 15) is 9.59 Å². The summed E-state index contributed by atoms with van der Waals surface area (Å²) < 4.78 is 6.69. The fraction of sp³-hybridized carbons (Fsp3) is 0.286.